The monoisotopic (exact) mass is 354 g/mol. The lowest BCUT2D eigenvalue weighted by Gasteiger charge is -2.36. The molecule has 3 rings (SSSR count). The Morgan fingerprint density at radius 1 is 1.17 bits per heavy atom. The van der Waals surface area contributed by atoms with Crippen molar-refractivity contribution in [1.82, 2.24) is 9.62 Å². The van der Waals surface area contributed by atoms with Crippen molar-refractivity contribution in [3.8, 4) is 0 Å². The van der Waals surface area contributed by atoms with Crippen molar-refractivity contribution in [3.63, 3.8) is 0 Å². The summed E-state index contributed by atoms with van der Waals surface area (Å²) in [4.78, 5) is 2.76. The second-order valence-corrected chi connectivity index (χ2v) is 8.91. The number of nitrogens with zero attached hydrogens (tertiary/aromatic N) is 1. The maximum Gasteiger partial charge on any atom is 0.240 e. The summed E-state index contributed by atoms with van der Waals surface area (Å²) in [6.07, 6.45) is 7.42. The zero-order valence-electron chi connectivity index (χ0n) is 14.3. The molecule has 0 spiro atoms. The summed E-state index contributed by atoms with van der Waals surface area (Å²) in [5.74, 6) is -0.0242. The lowest BCUT2D eigenvalue weighted by atomic mass is 9.96. The van der Waals surface area contributed by atoms with Gasteiger partial charge < -0.3 is 4.90 Å². The van der Waals surface area contributed by atoms with Gasteiger partial charge in [0.2, 0.25) is 10.0 Å². The van der Waals surface area contributed by atoms with Crippen LogP contribution in [-0.2, 0) is 10.0 Å². The van der Waals surface area contributed by atoms with Gasteiger partial charge in [0.05, 0.1) is 4.90 Å². The van der Waals surface area contributed by atoms with Crippen molar-refractivity contribution < 1.29 is 12.8 Å². The molecule has 0 aromatic heterocycles. The van der Waals surface area contributed by atoms with Crippen molar-refractivity contribution in [2.45, 2.75) is 56.4 Å². The smallest absolute Gasteiger partial charge is 0.240 e. The summed E-state index contributed by atoms with van der Waals surface area (Å²) in [6.45, 7) is 4.24. The van der Waals surface area contributed by atoms with Gasteiger partial charge in [0.25, 0.3) is 0 Å². The summed E-state index contributed by atoms with van der Waals surface area (Å²) in [7, 11) is -3.57. The standard InChI is InChI=1S/C18H27FN2O2S/c1-14-12-16(19)6-7-18(14)24(22,23)20-13-15-8-10-21(11-9-15)17-4-2-3-5-17/h6-7,12,15,17,20H,2-5,8-11,13H2,1H3. The molecule has 1 N–H and O–H groups in total. The van der Waals surface area contributed by atoms with Crippen LogP contribution < -0.4 is 4.72 Å². The number of rotatable bonds is 5. The van der Waals surface area contributed by atoms with Crippen LogP contribution in [0.2, 0.25) is 0 Å². The van der Waals surface area contributed by atoms with E-state index in [-0.39, 0.29) is 4.90 Å². The van der Waals surface area contributed by atoms with Gasteiger partial charge in [-0.15, -0.1) is 0 Å². The van der Waals surface area contributed by atoms with Crippen LogP contribution in [0.15, 0.2) is 23.1 Å². The first-order valence-corrected chi connectivity index (χ1v) is 10.4. The van der Waals surface area contributed by atoms with E-state index in [1.807, 2.05) is 0 Å². The van der Waals surface area contributed by atoms with Gasteiger partial charge >= 0.3 is 0 Å². The van der Waals surface area contributed by atoms with Crippen molar-refractivity contribution in [3.05, 3.63) is 29.6 Å². The van der Waals surface area contributed by atoms with E-state index in [0.717, 1.165) is 32.0 Å². The number of nitrogens with one attached hydrogen (secondary N) is 1. The van der Waals surface area contributed by atoms with Gasteiger partial charge in [-0.1, -0.05) is 12.8 Å². The normalized spacial score (nSPS) is 21.4. The third-order valence-electron chi connectivity index (χ3n) is 5.48. The number of hydrogen-bond donors (Lipinski definition) is 1. The Kier molecular flexibility index (Phi) is 5.57. The molecule has 2 aliphatic rings. The summed E-state index contributed by atoms with van der Waals surface area (Å²) in [5, 5.41) is 0. The van der Waals surface area contributed by atoms with Crippen LogP contribution in [-0.4, -0.2) is 39.0 Å². The Hall–Kier alpha value is -0.980. The second kappa shape index (κ2) is 7.50. The molecule has 134 valence electrons. The molecule has 0 unspecified atom stereocenters. The van der Waals surface area contributed by atoms with Gasteiger partial charge in [-0.05, 0) is 75.4 Å². The Morgan fingerprint density at radius 3 is 2.46 bits per heavy atom. The molecule has 24 heavy (non-hydrogen) atoms. The Labute approximate surface area is 144 Å². The zero-order chi connectivity index (χ0) is 17.2. The van der Waals surface area contributed by atoms with E-state index >= 15 is 0 Å². The predicted molar refractivity (Wildman–Crippen MR) is 92.9 cm³/mol. The summed E-state index contributed by atoms with van der Waals surface area (Å²) in [5.41, 5.74) is 0.443. The molecule has 2 fully saturated rings. The van der Waals surface area contributed by atoms with Gasteiger partial charge in [0.1, 0.15) is 5.82 Å². The van der Waals surface area contributed by atoms with Crippen LogP contribution in [0.25, 0.3) is 0 Å². The molecule has 0 atom stereocenters. The van der Waals surface area contributed by atoms with Crippen LogP contribution in [0.1, 0.15) is 44.1 Å². The first-order chi connectivity index (χ1) is 11.5. The Bertz CT molecular complexity index is 664. The lowest BCUT2D eigenvalue weighted by molar-refractivity contribution is 0.135. The maximum atomic E-state index is 13.2. The number of piperidine rings is 1. The van der Waals surface area contributed by atoms with Gasteiger partial charge in [0.15, 0.2) is 0 Å². The minimum atomic E-state index is -3.57. The summed E-state index contributed by atoms with van der Waals surface area (Å²) >= 11 is 0. The fourth-order valence-corrected chi connectivity index (χ4v) is 5.35. The molecular weight excluding hydrogens is 327 g/mol. The number of hydrogen-bond acceptors (Lipinski definition) is 3. The van der Waals surface area contributed by atoms with Crippen LogP contribution in [0.5, 0.6) is 0 Å². The fourth-order valence-electron chi connectivity index (χ4n) is 4.01. The van der Waals surface area contributed by atoms with Crippen molar-refractivity contribution >= 4 is 10.0 Å². The molecule has 0 radical (unpaired) electrons. The van der Waals surface area contributed by atoms with Crippen LogP contribution in [0.3, 0.4) is 0 Å². The second-order valence-electron chi connectivity index (χ2n) is 7.18. The largest absolute Gasteiger partial charge is 0.300 e. The van der Waals surface area contributed by atoms with E-state index in [4.69, 9.17) is 0 Å². The van der Waals surface area contributed by atoms with E-state index in [2.05, 4.69) is 9.62 Å². The molecule has 4 nitrogen and oxygen atoms in total. The minimum absolute atomic E-state index is 0.173. The topological polar surface area (TPSA) is 49.4 Å². The third-order valence-corrected chi connectivity index (χ3v) is 7.06. The molecule has 1 saturated heterocycles. The van der Waals surface area contributed by atoms with E-state index in [1.165, 1.54) is 43.9 Å². The quantitative estimate of drug-likeness (QED) is 0.884. The highest BCUT2D eigenvalue weighted by Gasteiger charge is 2.28. The molecule has 1 heterocycles. The molecule has 1 aliphatic carbocycles. The molecule has 1 aromatic rings. The first-order valence-electron chi connectivity index (χ1n) is 8.95. The Morgan fingerprint density at radius 2 is 1.83 bits per heavy atom. The Balaban J connectivity index is 1.52. The number of halogens is 1. The molecule has 1 aliphatic heterocycles. The van der Waals surface area contributed by atoms with Crippen LogP contribution >= 0.6 is 0 Å². The number of benzene rings is 1. The lowest BCUT2D eigenvalue weighted by Crippen LogP contribution is -2.42. The fraction of sp³-hybridized carbons (Fsp3) is 0.667. The molecule has 0 bridgehead atoms. The highest BCUT2D eigenvalue weighted by molar-refractivity contribution is 7.89. The zero-order valence-corrected chi connectivity index (χ0v) is 15.1. The third kappa shape index (κ3) is 4.16. The average Bonchev–Trinajstić information content (AvgIpc) is 3.07. The van der Waals surface area contributed by atoms with Crippen LogP contribution in [0, 0.1) is 18.7 Å². The van der Waals surface area contributed by atoms with E-state index in [0.29, 0.717) is 18.0 Å². The summed E-state index contributed by atoms with van der Waals surface area (Å²) < 4.78 is 40.8. The maximum absolute atomic E-state index is 13.2. The van der Waals surface area contributed by atoms with Crippen molar-refractivity contribution in [2.75, 3.05) is 19.6 Å². The van der Waals surface area contributed by atoms with Gasteiger partial charge in [-0.3, -0.25) is 0 Å². The molecule has 1 aromatic carbocycles. The molecule has 6 heteroatoms. The van der Waals surface area contributed by atoms with Gasteiger partial charge in [-0.2, -0.15) is 0 Å². The predicted octanol–water partition coefficient (Wildman–Crippen LogP) is 3.07. The highest BCUT2D eigenvalue weighted by atomic mass is 32.2. The first kappa shape index (κ1) is 17.8. The molecule has 0 amide bonds. The van der Waals surface area contributed by atoms with E-state index in [1.54, 1.807) is 6.92 Å². The van der Waals surface area contributed by atoms with Gasteiger partial charge in [0, 0.05) is 12.6 Å². The van der Waals surface area contributed by atoms with Crippen molar-refractivity contribution in [2.24, 2.45) is 5.92 Å². The summed E-state index contributed by atoms with van der Waals surface area (Å²) in [6, 6.07) is 4.55. The number of likely N-dealkylation sites (tertiary alicyclic amines) is 1. The van der Waals surface area contributed by atoms with Gasteiger partial charge in [-0.25, -0.2) is 17.5 Å². The number of aryl methyl sites for hydroxylation is 1. The van der Waals surface area contributed by atoms with E-state index in [9.17, 15) is 12.8 Å². The molecular formula is C18H27FN2O2S. The van der Waals surface area contributed by atoms with Crippen molar-refractivity contribution in [1.29, 1.82) is 0 Å². The average molecular weight is 354 g/mol. The SMILES string of the molecule is Cc1cc(F)ccc1S(=O)(=O)NCC1CCN(C2CCCC2)CC1. The highest BCUT2D eigenvalue weighted by Crippen LogP contribution is 2.28. The van der Waals surface area contributed by atoms with E-state index < -0.39 is 15.8 Å². The van der Waals surface area contributed by atoms with Crippen LogP contribution in [0.4, 0.5) is 4.39 Å². The number of sulfonamides is 1. The minimum Gasteiger partial charge on any atom is -0.300 e. The molecule has 1 saturated carbocycles.